The number of halogens is 4. The van der Waals surface area contributed by atoms with Crippen molar-refractivity contribution in [3.05, 3.63) is 58.2 Å². The second kappa shape index (κ2) is 9.97. The van der Waals surface area contributed by atoms with E-state index in [1.54, 1.807) is 24.3 Å². The summed E-state index contributed by atoms with van der Waals surface area (Å²) in [4.78, 5) is 0. The first-order chi connectivity index (χ1) is 15.5. The fraction of sp³-hybridized carbons (Fsp3) is 0.571. The first-order valence-electron chi connectivity index (χ1n) is 12.4. The summed E-state index contributed by atoms with van der Waals surface area (Å²) in [5.41, 5.74) is 0.974. The second-order valence-electron chi connectivity index (χ2n) is 9.70. The molecule has 0 saturated heterocycles. The van der Waals surface area contributed by atoms with Crippen LogP contribution in [-0.4, -0.2) is 0 Å². The van der Waals surface area contributed by atoms with Gasteiger partial charge in [0, 0.05) is 11.1 Å². The van der Waals surface area contributed by atoms with E-state index in [2.05, 4.69) is 6.92 Å². The van der Waals surface area contributed by atoms with Gasteiger partial charge >= 0.3 is 0 Å². The average molecular weight is 447 g/mol. The molecule has 0 aromatic heterocycles. The summed E-state index contributed by atoms with van der Waals surface area (Å²) in [5, 5.41) is 0. The second-order valence-corrected chi connectivity index (χ2v) is 9.70. The summed E-state index contributed by atoms with van der Waals surface area (Å²) in [6.45, 7) is 4.11. The Morgan fingerprint density at radius 2 is 1.38 bits per heavy atom. The molecule has 0 N–H and O–H groups in total. The van der Waals surface area contributed by atoms with Crippen molar-refractivity contribution in [2.75, 3.05) is 0 Å². The van der Waals surface area contributed by atoms with E-state index in [1.165, 1.54) is 25.7 Å². The number of benzene rings is 2. The summed E-state index contributed by atoms with van der Waals surface area (Å²) < 4.78 is 60.9. The predicted octanol–water partition coefficient (Wildman–Crippen LogP) is 9.47. The van der Waals surface area contributed by atoms with E-state index in [0.29, 0.717) is 29.9 Å². The maximum Gasteiger partial charge on any atom is 0.164 e. The van der Waals surface area contributed by atoms with Gasteiger partial charge in [0.05, 0.1) is 0 Å². The number of hydrogen-bond donors (Lipinski definition) is 0. The Hall–Kier alpha value is -1.84. The lowest BCUT2D eigenvalue weighted by Gasteiger charge is -2.32. The monoisotopic (exact) mass is 446 g/mol. The van der Waals surface area contributed by atoms with Crippen LogP contribution in [0.4, 0.5) is 17.6 Å². The van der Waals surface area contributed by atoms with E-state index in [4.69, 9.17) is 0 Å². The molecule has 2 aromatic rings. The highest BCUT2D eigenvalue weighted by Gasteiger charge is 2.40. The molecule has 32 heavy (non-hydrogen) atoms. The van der Waals surface area contributed by atoms with Crippen LogP contribution >= 0.6 is 0 Å². The minimum atomic E-state index is -2.19. The lowest BCUT2D eigenvalue weighted by molar-refractivity contribution is 0.159. The molecule has 2 aliphatic rings. The quantitative estimate of drug-likeness (QED) is 0.293. The van der Waals surface area contributed by atoms with Crippen molar-refractivity contribution < 1.29 is 17.6 Å². The molecule has 2 atom stereocenters. The van der Waals surface area contributed by atoms with Crippen LogP contribution in [0.1, 0.15) is 112 Å². The largest absolute Gasteiger partial charge is 0.239 e. The molecule has 0 amide bonds. The van der Waals surface area contributed by atoms with Crippen LogP contribution in [-0.2, 0) is 6.42 Å². The summed E-state index contributed by atoms with van der Waals surface area (Å²) in [5.74, 6) is -0.584. The van der Waals surface area contributed by atoms with Crippen molar-refractivity contribution in [2.24, 2.45) is 5.92 Å². The zero-order valence-electron chi connectivity index (χ0n) is 19.2. The van der Waals surface area contributed by atoms with Gasteiger partial charge in [0.1, 0.15) is 11.6 Å². The molecule has 2 unspecified atom stereocenters. The molecular weight excluding hydrogens is 412 g/mol. The average Bonchev–Trinajstić information content (AvgIpc) is 2.79. The molecule has 0 aliphatic heterocycles. The van der Waals surface area contributed by atoms with Gasteiger partial charge in [0.25, 0.3) is 0 Å². The molecule has 0 heterocycles. The minimum Gasteiger partial charge on any atom is -0.239 e. The van der Waals surface area contributed by atoms with Crippen molar-refractivity contribution >= 4 is 0 Å². The molecule has 0 radical (unpaired) electrons. The third kappa shape index (κ3) is 4.22. The van der Waals surface area contributed by atoms with Crippen molar-refractivity contribution in [2.45, 2.75) is 96.3 Å². The van der Waals surface area contributed by atoms with Gasteiger partial charge in [0.2, 0.25) is 0 Å². The van der Waals surface area contributed by atoms with Crippen LogP contribution in [0.5, 0.6) is 0 Å². The molecule has 4 rings (SSSR count). The lowest BCUT2D eigenvalue weighted by Crippen LogP contribution is -2.19. The third-order valence-corrected chi connectivity index (χ3v) is 7.59. The fourth-order valence-electron chi connectivity index (χ4n) is 5.77. The first kappa shape index (κ1) is 23.3. The summed E-state index contributed by atoms with van der Waals surface area (Å²) in [6, 6.07) is 6.65. The number of alkyl halides is 2. The summed E-state index contributed by atoms with van der Waals surface area (Å²) >= 11 is 0. The van der Waals surface area contributed by atoms with Crippen molar-refractivity contribution in [1.29, 1.82) is 0 Å². The number of aryl methyl sites for hydroxylation is 1. The van der Waals surface area contributed by atoms with Crippen molar-refractivity contribution in [3.8, 4) is 11.1 Å². The fourth-order valence-corrected chi connectivity index (χ4v) is 5.77. The Kier molecular flexibility index (Phi) is 7.27. The highest BCUT2D eigenvalue weighted by molar-refractivity contribution is 5.76. The van der Waals surface area contributed by atoms with Gasteiger partial charge in [-0.1, -0.05) is 70.2 Å². The predicted molar refractivity (Wildman–Crippen MR) is 122 cm³/mol. The molecule has 0 nitrogen and oxygen atoms in total. The van der Waals surface area contributed by atoms with E-state index in [9.17, 15) is 4.39 Å². The van der Waals surface area contributed by atoms with Crippen molar-refractivity contribution in [3.63, 3.8) is 0 Å². The molecule has 1 saturated carbocycles. The van der Waals surface area contributed by atoms with Gasteiger partial charge in [-0.25, -0.2) is 17.6 Å². The molecule has 0 bridgehead atoms. The number of unbranched alkanes of at least 4 members (excludes halogenated alkanes) is 2. The van der Waals surface area contributed by atoms with E-state index in [1.807, 2.05) is 6.92 Å². The molecular formula is C28H34F4. The van der Waals surface area contributed by atoms with E-state index in [-0.39, 0.29) is 28.2 Å². The third-order valence-electron chi connectivity index (χ3n) is 7.59. The van der Waals surface area contributed by atoms with Crippen LogP contribution in [0.3, 0.4) is 0 Å². The Morgan fingerprint density at radius 3 is 2.00 bits per heavy atom. The lowest BCUT2D eigenvalue weighted by atomic mass is 9.74. The molecule has 2 aromatic carbocycles. The van der Waals surface area contributed by atoms with Gasteiger partial charge in [0.15, 0.2) is 12.3 Å². The van der Waals surface area contributed by atoms with Crippen LogP contribution in [0.15, 0.2) is 24.3 Å². The smallest absolute Gasteiger partial charge is 0.164 e. The Bertz CT molecular complexity index is 943. The zero-order chi connectivity index (χ0) is 22.8. The van der Waals surface area contributed by atoms with Gasteiger partial charge in [-0.3, -0.25) is 0 Å². The van der Waals surface area contributed by atoms with E-state index >= 15 is 13.2 Å². The molecule has 4 heteroatoms. The highest BCUT2D eigenvalue weighted by atomic mass is 19.2. The Morgan fingerprint density at radius 1 is 0.750 bits per heavy atom. The molecule has 1 fully saturated rings. The topological polar surface area (TPSA) is 0 Å². The van der Waals surface area contributed by atoms with Crippen molar-refractivity contribution in [1.82, 2.24) is 0 Å². The van der Waals surface area contributed by atoms with Crippen LogP contribution < -0.4 is 0 Å². The standard InChI is InChI=1S/C28H34F4/c1-3-5-6-8-17-9-11-18(12-10-17)20-15-16-22-21-14-13-19(7-4-2)25(29)23(21)27(31)28(32)24(22)26(20)30/h13-18,27-28H,3-12H2,1-2H3. The number of rotatable bonds is 7. The number of fused-ring (bicyclic) bond motifs is 3. The van der Waals surface area contributed by atoms with Gasteiger partial charge in [-0.2, -0.15) is 0 Å². The Labute approximate surface area is 189 Å². The molecule has 0 spiro atoms. The van der Waals surface area contributed by atoms with Crippen LogP contribution in [0.25, 0.3) is 11.1 Å². The summed E-state index contributed by atoms with van der Waals surface area (Å²) in [7, 11) is 0. The highest BCUT2D eigenvalue weighted by Crippen LogP contribution is 2.52. The Balaban J connectivity index is 1.62. The maximum atomic E-state index is 15.6. The SMILES string of the molecule is CCCCCC1CCC(c2ccc3c(c2F)C(F)C(F)c2c-3ccc(CCC)c2F)CC1. The van der Waals surface area contributed by atoms with Crippen LogP contribution in [0, 0.1) is 17.6 Å². The van der Waals surface area contributed by atoms with E-state index < -0.39 is 24.0 Å². The molecule has 174 valence electrons. The van der Waals surface area contributed by atoms with E-state index in [0.717, 1.165) is 25.7 Å². The number of hydrogen-bond acceptors (Lipinski definition) is 0. The zero-order valence-corrected chi connectivity index (χ0v) is 19.2. The minimum absolute atomic E-state index is 0.0399. The van der Waals surface area contributed by atoms with Gasteiger partial charge < -0.3 is 0 Å². The first-order valence-corrected chi connectivity index (χ1v) is 12.4. The normalized spacial score (nSPS) is 24.8. The van der Waals surface area contributed by atoms with Gasteiger partial charge in [-0.05, 0) is 66.2 Å². The maximum absolute atomic E-state index is 15.6. The summed E-state index contributed by atoms with van der Waals surface area (Å²) in [6.07, 6.45) is 5.62. The van der Waals surface area contributed by atoms with Gasteiger partial charge in [-0.15, -0.1) is 0 Å². The molecule has 2 aliphatic carbocycles. The van der Waals surface area contributed by atoms with Crippen LogP contribution in [0.2, 0.25) is 0 Å².